The quantitative estimate of drug-likeness (QED) is 0.630. The summed E-state index contributed by atoms with van der Waals surface area (Å²) >= 11 is 0. The molecular weight excluding hydrogens is 342 g/mol. The molecule has 1 fully saturated rings. The van der Waals surface area contributed by atoms with Crippen LogP contribution >= 0.6 is 0 Å². The van der Waals surface area contributed by atoms with Gasteiger partial charge in [-0.05, 0) is 17.5 Å². The Bertz CT molecular complexity index is 679. The van der Waals surface area contributed by atoms with E-state index in [4.69, 9.17) is 9.47 Å². The number of aliphatic hydroxyl groups excluding tert-OH is 1. The van der Waals surface area contributed by atoms with Gasteiger partial charge in [-0.1, -0.05) is 60.7 Å². The minimum Gasteiger partial charge on any atom is -0.395 e. The first kappa shape index (κ1) is 19.7. The van der Waals surface area contributed by atoms with Crippen molar-refractivity contribution in [1.82, 2.24) is 5.32 Å². The molecule has 4 atom stereocenters. The van der Waals surface area contributed by atoms with E-state index in [1.807, 2.05) is 60.7 Å². The van der Waals surface area contributed by atoms with E-state index in [9.17, 15) is 9.90 Å². The summed E-state index contributed by atoms with van der Waals surface area (Å²) in [4.78, 5) is 10.8. The van der Waals surface area contributed by atoms with Crippen LogP contribution in [0.5, 0.6) is 0 Å². The van der Waals surface area contributed by atoms with Gasteiger partial charge in [0.15, 0.2) is 0 Å². The molecule has 2 N–H and O–H groups in total. The molecule has 0 aromatic heterocycles. The topological polar surface area (TPSA) is 67.8 Å². The van der Waals surface area contributed by atoms with Crippen LogP contribution in [0.25, 0.3) is 0 Å². The summed E-state index contributed by atoms with van der Waals surface area (Å²) in [5, 5.41) is 13.2. The highest BCUT2D eigenvalue weighted by Gasteiger charge is 2.43. The second-order valence-electron chi connectivity index (χ2n) is 6.83. The van der Waals surface area contributed by atoms with E-state index in [1.54, 1.807) is 0 Å². The molecule has 0 aliphatic carbocycles. The predicted molar refractivity (Wildman–Crippen MR) is 103 cm³/mol. The van der Waals surface area contributed by atoms with Crippen LogP contribution in [0.2, 0.25) is 0 Å². The Morgan fingerprint density at radius 3 is 1.85 bits per heavy atom. The smallest absolute Gasteiger partial charge is 0.120 e. The van der Waals surface area contributed by atoms with Crippen molar-refractivity contribution in [3.05, 3.63) is 71.8 Å². The molecule has 1 heterocycles. The molecule has 5 heteroatoms. The average molecular weight is 369 g/mol. The van der Waals surface area contributed by atoms with Crippen molar-refractivity contribution < 1.29 is 19.4 Å². The van der Waals surface area contributed by atoms with Crippen molar-refractivity contribution >= 4 is 6.29 Å². The van der Waals surface area contributed by atoms with Gasteiger partial charge in [-0.3, -0.25) is 0 Å². The molecule has 144 valence electrons. The summed E-state index contributed by atoms with van der Waals surface area (Å²) in [7, 11) is 0. The number of rotatable bonds is 10. The van der Waals surface area contributed by atoms with Gasteiger partial charge in [0.2, 0.25) is 0 Å². The zero-order chi connectivity index (χ0) is 18.9. The normalized spacial score (nSPS) is 24.8. The van der Waals surface area contributed by atoms with Crippen LogP contribution in [0.4, 0.5) is 0 Å². The number of nitrogens with one attached hydrogen (secondary N) is 1. The van der Waals surface area contributed by atoms with Crippen LogP contribution in [0.15, 0.2) is 60.7 Å². The van der Waals surface area contributed by atoms with Gasteiger partial charge in [-0.15, -0.1) is 0 Å². The zero-order valence-electron chi connectivity index (χ0n) is 15.4. The fraction of sp³-hybridized carbons (Fsp3) is 0.409. The van der Waals surface area contributed by atoms with Crippen LogP contribution in [0.3, 0.4) is 0 Å². The SMILES string of the molecule is O=CCC[C@H]1N[C@H](CO)[C@@H](OCc2ccccc2)[C@@H]1OCc1ccccc1. The monoisotopic (exact) mass is 369 g/mol. The van der Waals surface area contributed by atoms with E-state index in [-0.39, 0.29) is 30.9 Å². The molecule has 0 radical (unpaired) electrons. The van der Waals surface area contributed by atoms with Gasteiger partial charge in [-0.25, -0.2) is 0 Å². The molecule has 5 nitrogen and oxygen atoms in total. The van der Waals surface area contributed by atoms with Gasteiger partial charge in [-0.2, -0.15) is 0 Å². The Hall–Kier alpha value is -2.05. The maximum Gasteiger partial charge on any atom is 0.120 e. The first-order chi connectivity index (χ1) is 13.3. The first-order valence-corrected chi connectivity index (χ1v) is 9.43. The van der Waals surface area contributed by atoms with Gasteiger partial charge >= 0.3 is 0 Å². The summed E-state index contributed by atoms with van der Waals surface area (Å²) in [6.45, 7) is 0.881. The highest BCUT2D eigenvalue weighted by molar-refractivity contribution is 5.49. The Kier molecular flexibility index (Phi) is 7.54. The second kappa shape index (κ2) is 10.3. The largest absolute Gasteiger partial charge is 0.395 e. The highest BCUT2D eigenvalue weighted by atomic mass is 16.5. The minimum atomic E-state index is -0.282. The number of aliphatic hydroxyl groups is 1. The van der Waals surface area contributed by atoms with Crippen molar-refractivity contribution in [2.75, 3.05) is 6.61 Å². The molecule has 1 saturated heterocycles. The number of benzene rings is 2. The van der Waals surface area contributed by atoms with Crippen LogP contribution in [-0.2, 0) is 27.5 Å². The average Bonchev–Trinajstić information content (AvgIpc) is 3.07. The fourth-order valence-electron chi connectivity index (χ4n) is 3.53. The molecule has 1 aliphatic rings. The van der Waals surface area contributed by atoms with E-state index in [1.165, 1.54) is 0 Å². The van der Waals surface area contributed by atoms with E-state index < -0.39 is 0 Å². The lowest BCUT2D eigenvalue weighted by molar-refractivity contribution is -0.108. The van der Waals surface area contributed by atoms with Gasteiger partial charge in [0.25, 0.3) is 0 Å². The predicted octanol–water partition coefficient (Wildman–Crippen LogP) is 2.47. The van der Waals surface area contributed by atoms with Crippen molar-refractivity contribution in [2.45, 2.75) is 50.3 Å². The molecule has 1 aliphatic heterocycles. The highest BCUT2D eigenvalue weighted by Crippen LogP contribution is 2.26. The Balaban J connectivity index is 1.69. The summed E-state index contributed by atoms with van der Waals surface area (Å²) in [6, 6.07) is 19.7. The summed E-state index contributed by atoms with van der Waals surface area (Å²) in [6.07, 6.45) is 1.51. The van der Waals surface area contributed by atoms with Crippen molar-refractivity contribution in [3.8, 4) is 0 Å². The second-order valence-corrected chi connectivity index (χ2v) is 6.83. The lowest BCUT2D eigenvalue weighted by Crippen LogP contribution is -2.39. The third-order valence-corrected chi connectivity index (χ3v) is 4.91. The van der Waals surface area contributed by atoms with Gasteiger partial charge in [0.05, 0.1) is 25.9 Å². The third kappa shape index (κ3) is 5.47. The summed E-state index contributed by atoms with van der Waals surface area (Å²) < 4.78 is 12.4. The maximum atomic E-state index is 10.8. The number of aldehydes is 1. The lowest BCUT2D eigenvalue weighted by atomic mass is 10.0. The van der Waals surface area contributed by atoms with Gasteiger partial charge in [0, 0.05) is 12.5 Å². The van der Waals surface area contributed by atoms with E-state index in [0.717, 1.165) is 17.4 Å². The number of hydrogen-bond acceptors (Lipinski definition) is 5. The molecule has 2 aromatic rings. The maximum absolute atomic E-state index is 10.8. The molecule has 27 heavy (non-hydrogen) atoms. The molecule has 0 saturated carbocycles. The summed E-state index contributed by atoms with van der Waals surface area (Å²) in [5.41, 5.74) is 2.16. The van der Waals surface area contributed by atoms with Crippen LogP contribution < -0.4 is 5.32 Å². The Labute approximate surface area is 160 Å². The van der Waals surface area contributed by atoms with Crippen LogP contribution in [0, 0.1) is 0 Å². The fourth-order valence-corrected chi connectivity index (χ4v) is 3.53. The summed E-state index contributed by atoms with van der Waals surface area (Å²) in [5.74, 6) is 0. The number of carbonyl (C=O) groups is 1. The van der Waals surface area contributed by atoms with Crippen LogP contribution in [-0.4, -0.2) is 42.3 Å². The van der Waals surface area contributed by atoms with Gasteiger partial charge < -0.3 is 24.7 Å². The van der Waals surface area contributed by atoms with E-state index in [0.29, 0.717) is 26.1 Å². The Morgan fingerprint density at radius 1 is 0.852 bits per heavy atom. The Morgan fingerprint density at radius 2 is 1.37 bits per heavy atom. The molecule has 0 unspecified atom stereocenters. The molecular formula is C22H27NO4. The molecule has 0 spiro atoms. The van der Waals surface area contributed by atoms with Crippen molar-refractivity contribution in [2.24, 2.45) is 0 Å². The molecule has 2 aromatic carbocycles. The van der Waals surface area contributed by atoms with Crippen molar-refractivity contribution in [3.63, 3.8) is 0 Å². The van der Waals surface area contributed by atoms with E-state index in [2.05, 4.69) is 5.32 Å². The standard InChI is InChI=1S/C22H27NO4/c24-13-7-12-19-21(26-15-17-8-3-1-4-9-17)22(20(14-25)23-19)27-16-18-10-5-2-6-11-18/h1-6,8-11,13,19-23,25H,7,12,14-16H2/t19-,20-,21-,22-/m1/s1. The molecule has 0 bridgehead atoms. The minimum absolute atomic E-state index is 0.0307. The third-order valence-electron chi connectivity index (χ3n) is 4.91. The zero-order valence-corrected chi connectivity index (χ0v) is 15.4. The number of hydrogen-bond donors (Lipinski definition) is 2. The molecule has 3 rings (SSSR count). The van der Waals surface area contributed by atoms with Gasteiger partial charge in [0.1, 0.15) is 18.5 Å². The lowest BCUT2D eigenvalue weighted by Gasteiger charge is -2.26. The van der Waals surface area contributed by atoms with E-state index >= 15 is 0 Å². The first-order valence-electron chi connectivity index (χ1n) is 9.43. The number of ether oxygens (including phenoxy) is 2. The molecule has 0 amide bonds. The van der Waals surface area contributed by atoms with Crippen molar-refractivity contribution in [1.29, 1.82) is 0 Å². The number of carbonyl (C=O) groups excluding carboxylic acids is 1. The van der Waals surface area contributed by atoms with Crippen LogP contribution in [0.1, 0.15) is 24.0 Å².